The predicted molar refractivity (Wildman–Crippen MR) is 193 cm³/mol. The lowest BCUT2D eigenvalue weighted by Crippen LogP contribution is -2.29. The molecule has 244 valence electrons. The Morgan fingerprint density at radius 1 is 0.979 bits per heavy atom. The number of carbonyl (C=O) groups excluding carboxylic acids is 2. The van der Waals surface area contributed by atoms with E-state index in [9.17, 15) is 14.7 Å². The highest BCUT2D eigenvalue weighted by Crippen LogP contribution is 2.44. The topological polar surface area (TPSA) is 95.9 Å². The van der Waals surface area contributed by atoms with Gasteiger partial charge in [-0.1, -0.05) is 94.3 Å². The second-order valence-electron chi connectivity index (χ2n) is 11.3. The van der Waals surface area contributed by atoms with Crippen molar-refractivity contribution in [3.8, 4) is 5.75 Å². The van der Waals surface area contributed by atoms with E-state index in [0.29, 0.717) is 43.6 Å². The Bertz CT molecular complexity index is 2010. The van der Waals surface area contributed by atoms with Crippen molar-refractivity contribution in [2.24, 2.45) is 0 Å². The molecule has 1 N–H and O–H groups in total. The van der Waals surface area contributed by atoms with Crippen LogP contribution >= 0.6 is 46.3 Å². The number of aryl methyl sites for hydroxylation is 1. The highest BCUT2D eigenvalue weighted by atomic mass is 35.5. The van der Waals surface area contributed by atoms with Crippen LogP contribution in [0.5, 0.6) is 5.75 Å². The fourth-order valence-electron chi connectivity index (χ4n) is 5.27. The average molecular weight is 718 g/mol. The highest BCUT2D eigenvalue weighted by molar-refractivity contribution is 8.00. The van der Waals surface area contributed by atoms with Gasteiger partial charge in [-0.25, -0.2) is 0 Å². The molecule has 1 amide bonds. The number of rotatable bonds is 10. The standard InChI is InChI=1S/C36H30Cl2N4O4S2/c1-21-5-4-6-22(17-21)19-46-28-15-10-24(11-16-28)32(43)30-31(23-8-13-27(14-9-23)41(2)3)42(34(45)33(30)44)35-39-40-36(48-35)47-20-25-7-12-26(37)18-29(25)38/h4-18,31,43H,19-20H2,1-3H3. The summed E-state index contributed by atoms with van der Waals surface area (Å²) in [5.74, 6) is -0.803. The number of carbonyl (C=O) groups is 2. The normalized spacial score (nSPS) is 15.6. The minimum Gasteiger partial charge on any atom is -0.507 e. The van der Waals surface area contributed by atoms with Crippen LogP contribution in [0.25, 0.3) is 5.76 Å². The zero-order valence-corrected chi connectivity index (χ0v) is 29.3. The molecule has 1 saturated heterocycles. The summed E-state index contributed by atoms with van der Waals surface area (Å²) in [7, 11) is 3.85. The lowest BCUT2D eigenvalue weighted by molar-refractivity contribution is -0.132. The minimum atomic E-state index is -0.935. The molecule has 0 radical (unpaired) electrons. The van der Waals surface area contributed by atoms with Crippen LogP contribution in [-0.2, 0) is 21.9 Å². The molecule has 1 atom stereocenters. The molecule has 48 heavy (non-hydrogen) atoms. The molecule has 8 nitrogen and oxygen atoms in total. The molecule has 1 aromatic heterocycles. The van der Waals surface area contributed by atoms with Crippen molar-refractivity contribution in [3.05, 3.63) is 134 Å². The van der Waals surface area contributed by atoms with E-state index < -0.39 is 17.7 Å². The molecule has 1 unspecified atom stereocenters. The van der Waals surface area contributed by atoms with Crippen molar-refractivity contribution in [2.75, 3.05) is 23.9 Å². The molecule has 4 aromatic carbocycles. The first-order valence-electron chi connectivity index (χ1n) is 14.9. The summed E-state index contributed by atoms with van der Waals surface area (Å²) in [5.41, 5.74) is 4.96. The van der Waals surface area contributed by atoms with E-state index in [1.165, 1.54) is 28.0 Å². The number of aromatic nitrogens is 2. The Morgan fingerprint density at radius 3 is 2.42 bits per heavy atom. The summed E-state index contributed by atoms with van der Waals surface area (Å²) in [4.78, 5) is 30.6. The fraction of sp³-hybridized carbons (Fsp3) is 0.167. The zero-order valence-electron chi connectivity index (χ0n) is 26.2. The number of hydrogen-bond donors (Lipinski definition) is 1. The quantitative estimate of drug-likeness (QED) is 0.0504. The predicted octanol–water partition coefficient (Wildman–Crippen LogP) is 8.72. The molecule has 1 aliphatic heterocycles. The Labute approximate surface area is 296 Å². The van der Waals surface area contributed by atoms with E-state index in [1.54, 1.807) is 36.4 Å². The van der Waals surface area contributed by atoms with Crippen molar-refractivity contribution >= 4 is 74.6 Å². The van der Waals surface area contributed by atoms with Gasteiger partial charge in [0.1, 0.15) is 18.1 Å². The van der Waals surface area contributed by atoms with Gasteiger partial charge in [0.15, 0.2) is 4.34 Å². The third-order valence-electron chi connectivity index (χ3n) is 7.75. The number of Topliss-reactive ketones (excluding diaryl/α,β-unsaturated/α-hetero) is 1. The summed E-state index contributed by atoms with van der Waals surface area (Å²) in [6.07, 6.45) is 0. The van der Waals surface area contributed by atoms with Gasteiger partial charge in [0.2, 0.25) is 5.13 Å². The molecule has 0 saturated carbocycles. The SMILES string of the molecule is Cc1cccc(COc2ccc(C(O)=C3C(=O)C(=O)N(c4nnc(SCc5ccc(Cl)cc5Cl)s4)C3c3ccc(N(C)C)cc3)cc2)c1. The van der Waals surface area contributed by atoms with E-state index in [4.69, 9.17) is 27.9 Å². The van der Waals surface area contributed by atoms with Crippen molar-refractivity contribution in [2.45, 2.75) is 29.7 Å². The molecule has 5 aromatic rings. The van der Waals surface area contributed by atoms with Crippen molar-refractivity contribution in [1.82, 2.24) is 10.2 Å². The molecular weight excluding hydrogens is 687 g/mol. The molecule has 2 heterocycles. The first-order valence-corrected chi connectivity index (χ1v) is 17.4. The third kappa shape index (κ3) is 7.22. The van der Waals surface area contributed by atoms with Gasteiger partial charge in [0.25, 0.3) is 5.78 Å². The maximum atomic E-state index is 13.7. The zero-order chi connectivity index (χ0) is 33.9. The molecule has 12 heteroatoms. The first-order chi connectivity index (χ1) is 23.1. The van der Waals surface area contributed by atoms with Crippen LogP contribution in [0.15, 0.2) is 101 Å². The Kier molecular flexibility index (Phi) is 10.1. The highest BCUT2D eigenvalue weighted by Gasteiger charge is 2.48. The van der Waals surface area contributed by atoms with Gasteiger partial charge < -0.3 is 14.7 Å². The maximum absolute atomic E-state index is 13.7. The van der Waals surface area contributed by atoms with Gasteiger partial charge in [-0.3, -0.25) is 14.5 Å². The number of halogens is 2. The molecule has 0 bridgehead atoms. The number of aliphatic hydroxyl groups excluding tert-OH is 1. The van der Waals surface area contributed by atoms with Crippen molar-refractivity contribution in [1.29, 1.82) is 0 Å². The number of ether oxygens (including phenoxy) is 1. The number of hydrogen-bond acceptors (Lipinski definition) is 9. The van der Waals surface area contributed by atoms with E-state index in [-0.39, 0.29) is 16.5 Å². The number of benzene rings is 4. The molecule has 0 aliphatic carbocycles. The summed E-state index contributed by atoms with van der Waals surface area (Å²) in [5, 5.41) is 21.5. The lowest BCUT2D eigenvalue weighted by Gasteiger charge is -2.23. The summed E-state index contributed by atoms with van der Waals surface area (Å²) in [6.45, 7) is 2.41. The first kappa shape index (κ1) is 33.5. The third-order valence-corrected chi connectivity index (χ3v) is 10.4. The van der Waals surface area contributed by atoms with Crippen LogP contribution in [0, 0.1) is 6.92 Å². The summed E-state index contributed by atoms with van der Waals surface area (Å²) in [6, 6.07) is 26.7. The second kappa shape index (κ2) is 14.4. The molecular formula is C36H30Cl2N4O4S2. The molecule has 1 aliphatic rings. The van der Waals surface area contributed by atoms with Crippen LogP contribution in [0.3, 0.4) is 0 Å². The van der Waals surface area contributed by atoms with E-state index in [2.05, 4.69) is 16.3 Å². The van der Waals surface area contributed by atoms with Gasteiger partial charge in [0.05, 0.1) is 11.6 Å². The summed E-state index contributed by atoms with van der Waals surface area (Å²) < 4.78 is 6.53. The van der Waals surface area contributed by atoms with Crippen LogP contribution in [0.2, 0.25) is 10.0 Å². The Morgan fingerprint density at radius 2 is 1.73 bits per heavy atom. The van der Waals surface area contributed by atoms with Gasteiger partial charge in [-0.2, -0.15) is 0 Å². The minimum absolute atomic E-state index is 0.0385. The smallest absolute Gasteiger partial charge is 0.301 e. The number of amides is 1. The van der Waals surface area contributed by atoms with Crippen molar-refractivity contribution in [3.63, 3.8) is 0 Å². The molecule has 6 rings (SSSR count). The Balaban J connectivity index is 1.31. The number of anilines is 2. The van der Waals surface area contributed by atoms with Crippen LogP contribution in [0.1, 0.15) is 33.9 Å². The fourth-order valence-corrected chi connectivity index (χ4v) is 7.70. The van der Waals surface area contributed by atoms with Crippen LogP contribution < -0.4 is 14.5 Å². The van der Waals surface area contributed by atoms with Crippen LogP contribution in [-0.4, -0.2) is 41.1 Å². The van der Waals surface area contributed by atoms with Crippen molar-refractivity contribution < 1.29 is 19.4 Å². The van der Waals surface area contributed by atoms with Gasteiger partial charge in [-0.05, 0) is 72.1 Å². The van der Waals surface area contributed by atoms with E-state index >= 15 is 0 Å². The number of aliphatic hydroxyl groups is 1. The molecule has 1 fully saturated rings. The van der Waals surface area contributed by atoms with Gasteiger partial charge in [-0.15, -0.1) is 10.2 Å². The summed E-state index contributed by atoms with van der Waals surface area (Å²) >= 11 is 15.0. The Hall–Kier alpha value is -4.35. The van der Waals surface area contributed by atoms with Gasteiger partial charge >= 0.3 is 5.91 Å². The number of nitrogens with zero attached hydrogens (tertiary/aromatic N) is 4. The number of thioether (sulfide) groups is 1. The van der Waals surface area contributed by atoms with Crippen LogP contribution in [0.4, 0.5) is 10.8 Å². The second-order valence-corrected chi connectivity index (χ2v) is 14.4. The monoisotopic (exact) mass is 716 g/mol. The van der Waals surface area contributed by atoms with E-state index in [1.807, 2.05) is 74.4 Å². The number of ketones is 1. The largest absolute Gasteiger partial charge is 0.507 e. The van der Waals surface area contributed by atoms with Gasteiger partial charge in [0, 0.05) is 41.1 Å². The maximum Gasteiger partial charge on any atom is 0.301 e. The lowest BCUT2D eigenvalue weighted by atomic mass is 9.95. The molecule has 0 spiro atoms. The average Bonchev–Trinajstić information content (AvgIpc) is 3.65. The van der Waals surface area contributed by atoms with E-state index in [0.717, 1.165) is 22.4 Å².